The second-order valence-electron chi connectivity index (χ2n) is 2.75. The fourth-order valence-corrected chi connectivity index (χ4v) is 1.00. The first kappa shape index (κ1) is 11.1. The van der Waals surface area contributed by atoms with Crippen LogP contribution in [0, 0.1) is 0 Å². The molecule has 1 heterocycles. The molecule has 0 atom stereocenters. The number of nitrogens with zero attached hydrogens (tertiary/aromatic N) is 2. The Morgan fingerprint density at radius 2 is 2.33 bits per heavy atom. The summed E-state index contributed by atoms with van der Waals surface area (Å²) in [5.74, 6) is 1.29. The molecule has 0 saturated carbocycles. The summed E-state index contributed by atoms with van der Waals surface area (Å²) < 4.78 is 0. The monoisotopic (exact) mass is 202 g/mol. The first-order valence-corrected chi connectivity index (χ1v) is 4.54. The molecule has 0 aliphatic carbocycles. The number of hydrogen-bond donors (Lipinski definition) is 2. The van der Waals surface area contributed by atoms with Crippen molar-refractivity contribution in [1.29, 1.82) is 0 Å². The van der Waals surface area contributed by atoms with Gasteiger partial charge in [-0.3, -0.25) is 0 Å². The Hall–Kier alpha value is -1.94. The lowest BCUT2D eigenvalue weighted by Crippen LogP contribution is -2.06. The van der Waals surface area contributed by atoms with E-state index in [1.807, 2.05) is 0 Å². The van der Waals surface area contributed by atoms with Crippen LogP contribution in [0.25, 0.3) is 0 Å². The van der Waals surface area contributed by atoms with Crippen LogP contribution in [-0.4, -0.2) is 9.97 Å². The maximum atomic E-state index is 5.44. The van der Waals surface area contributed by atoms with Crippen LogP contribution >= 0.6 is 0 Å². The standard InChI is InChI=1S/C11H14N4/c1-3-5-9(4-2)14-10-6-7-13-11(8-12)15-10/h3-7H,1-2,8,12H2,(H,13,14,15)/b9-5+. The van der Waals surface area contributed by atoms with Crippen molar-refractivity contribution >= 4 is 5.82 Å². The Labute approximate surface area is 89.2 Å². The molecule has 0 saturated heterocycles. The molecule has 0 spiro atoms. The van der Waals surface area contributed by atoms with Crippen molar-refractivity contribution in [1.82, 2.24) is 9.97 Å². The van der Waals surface area contributed by atoms with Crippen LogP contribution in [0.2, 0.25) is 0 Å². The molecule has 1 aromatic rings. The number of hydrogen-bond acceptors (Lipinski definition) is 4. The Bertz CT molecular complexity index is 382. The predicted octanol–water partition coefficient (Wildman–Crippen LogP) is 1.60. The van der Waals surface area contributed by atoms with Gasteiger partial charge in [0.1, 0.15) is 11.6 Å². The predicted molar refractivity (Wildman–Crippen MR) is 62.0 cm³/mol. The van der Waals surface area contributed by atoms with Crippen LogP contribution in [0.1, 0.15) is 5.82 Å². The number of aromatic nitrogens is 2. The first-order valence-electron chi connectivity index (χ1n) is 4.54. The minimum atomic E-state index is 0.324. The smallest absolute Gasteiger partial charge is 0.144 e. The molecule has 4 nitrogen and oxygen atoms in total. The van der Waals surface area contributed by atoms with Crippen molar-refractivity contribution in [3.8, 4) is 0 Å². The van der Waals surface area contributed by atoms with E-state index in [1.54, 1.807) is 30.5 Å². The van der Waals surface area contributed by atoms with E-state index >= 15 is 0 Å². The van der Waals surface area contributed by atoms with Crippen molar-refractivity contribution in [2.45, 2.75) is 6.54 Å². The maximum absolute atomic E-state index is 5.44. The topological polar surface area (TPSA) is 63.8 Å². The quantitative estimate of drug-likeness (QED) is 0.712. The van der Waals surface area contributed by atoms with Gasteiger partial charge in [0.2, 0.25) is 0 Å². The van der Waals surface area contributed by atoms with Crippen LogP contribution in [0.15, 0.2) is 49.3 Å². The lowest BCUT2D eigenvalue weighted by atomic mass is 10.3. The van der Waals surface area contributed by atoms with Crippen LogP contribution in [0.5, 0.6) is 0 Å². The number of rotatable bonds is 5. The zero-order valence-corrected chi connectivity index (χ0v) is 8.48. The number of allylic oxidation sites excluding steroid dienone is 3. The molecule has 1 aromatic heterocycles. The highest BCUT2D eigenvalue weighted by atomic mass is 15.0. The van der Waals surface area contributed by atoms with E-state index < -0.39 is 0 Å². The van der Waals surface area contributed by atoms with Crippen molar-refractivity contribution in [2.75, 3.05) is 5.32 Å². The average molecular weight is 202 g/mol. The third-order valence-corrected chi connectivity index (χ3v) is 1.68. The molecule has 1 rings (SSSR count). The molecule has 0 unspecified atom stereocenters. The van der Waals surface area contributed by atoms with Crippen molar-refractivity contribution in [3.63, 3.8) is 0 Å². The van der Waals surface area contributed by atoms with Gasteiger partial charge in [0.25, 0.3) is 0 Å². The van der Waals surface area contributed by atoms with Gasteiger partial charge in [-0.2, -0.15) is 0 Å². The van der Waals surface area contributed by atoms with E-state index in [1.165, 1.54) is 0 Å². The maximum Gasteiger partial charge on any atom is 0.144 e. The summed E-state index contributed by atoms with van der Waals surface area (Å²) in [6, 6.07) is 1.76. The first-order chi connectivity index (χ1) is 7.30. The molecule has 0 bridgehead atoms. The summed E-state index contributed by atoms with van der Waals surface area (Å²) in [6.45, 7) is 7.60. The van der Waals surface area contributed by atoms with Gasteiger partial charge in [-0.15, -0.1) is 0 Å². The van der Waals surface area contributed by atoms with Crippen LogP contribution in [-0.2, 0) is 6.54 Å². The number of nitrogens with one attached hydrogen (secondary N) is 1. The molecule has 0 amide bonds. The van der Waals surface area contributed by atoms with Gasteiger partial charge < -0.3 is 11.1 Å². The number of anilines is 1. The van der Waals surface area contributed by atoms with E-state index in [2.05, 4.69) is 28.4 Å². The Morgan fingerprint density at radius 3 is 2.93 bits per heavy atom. The molecule has 0 aliphatic heterocycles. The zero-order valence-electron chi connectivity index (χ0n) is 8.48. The van der Waals surface area contributed by atoms with Crippen molar-refractivity contribution < 1.29 is 0 Å². The summed E-state index contributed by atoms with van der Waals surface area (Å²) in [5.41, 5.74) is 6.26. The minimum absolute atomic E-state index is 0.324. The van der Waals surface area contributed by atoms with Gasteiger partial charge in [-0.25, -0.2) is 9.97 Å². The summed E-state index contributed by atoms with van der Waals surface area (Å²) in [6.07, 6.45) is 6.82. The molecule has 0 aromatic carbocycles. The van der Waals surface area contributed by atoms with E-state index in [4.69, 9.17) is 5.73 Å². The fourth-order valence-electron chi connectivity index (χ4n) is 1.00. The highest BCUT2D eigenvalue weighted by molar-refractivity contribution is 5.44. The third-order valence-electron chi connectivity index (χ3n) is 1.68. The second kappa shape index (κ2) is 5.72. The van der Waals surface area contributed by atoms with E-state index in [0.717, 1.165) is 5.70 Å². The number of nitrogens with two attached hydrogens (primary N) is 1. The molecule has 0 fully saturated rings. The SMILES string of the molecule is C=C/C=C(\C=C)Nc1ccnc(CN)n1. The van der Waals surface area contributed by atoms with Crippen LogP contribution < -0.4 is 11.1 Å². The van der Waals surface area contributed by atoms with Gasteiger partial charge in [-0.1, -0.05) is 19.2 Å². The lowest BCUT2D eigenvalue weighted by Gasteiger charge is -2.06. The molecule has 15 heavy (non-hydrogen) atoms. The third kappa shape index (κ3) is 3.36. The minimum Gasteiger partial charge on any atom is -0.340 e. The Balaban J connectivity index is 2.83. The molecule has 4 heteroatoms. The molecular weight excluding hydrogens is 188 g/mol. The van der Waals surface area contributed by atoms with Gasteiger partial charge in [0.05, 0.1) is 6.54 Å². The second-order valence-corrected chi connectivity index (χ2v) is 2.75. The summed E-state index contributed by atoms with van der Waals surface area (Å²) in [7, 11) is 0. The van der Waals surface area contributed by atoms with Crippen molar-refractivity contribution in [2.24, 2.45) is 5.73 Å². The van der Waals surface area contributed by atoms with E-state index in [9.17, 15) is 0 Å². The van der Waals surface area contributed by atoms with E-state index in [-0.39, 0.29) is 0 Å². The van der Waals surface area contributed by atoms with Gasteiger partial charge >= 0.3 is 0 Å². The van der Waals surface area contributed by atoms with Gasteiger partial charge in [-0.05, 0) is 18.2 Å². The van der Waals surface area contributed by atoms with Crippen LogP contribution in [0.3, 0.4) is 0 Å². The van der Waals surface area contributed by atoms with Gasteiger partial charge in [0.15, 0.2) is 0 Å². The molecule has 0 aliphatic rings. The summed E-state index contributed by atoms with van der Waals surface area (Å²) in [5, 5.41) is 3.07. The van der Waals surface area contributed by atoms with Crippen molar-refractivity contribution in [3.05, 3.63) is 55.2 Å². The molecule has 3 N–H and O–H groups in total. The molecule has 78 valence electrons. The Morgan fingerprint density at radius 1 is 1.53 bits per heavy atom. The largest absolute Gasteiger partial charge is 0.340 e. The molecule has 0 radical (unpaired) electrons. The van der Waals surface area contributed by atoms with E-state index in [0.29, 0.717) is 18.2 Å². The zero-order chi connectivity index (χ0) is 11.1. The Kier molecular flexibility index (Phi) is 4.25. The van der Waals surface area contributed by atoms with Gasteiger partial charge in [0, 0.05) is 11.9 Å². The summed E-state index contributed by atoms with van der Waals surface area (Å²) in [4.78, 5) is 8.19. The lowest BCUT2D eigenvalue weighted by molar-refractivity contribution is 0.911. The fraction of sp³-hybridized carbons (Fsp3) is 0.0909. The summed E-state index contributed by atoms with van der Waals surface area (Å²) >= 11 is 0. The van der Waals surface area contributed by atoms with Crippen LogP contribution in [0.4, 0.5) is 5.82 Å². The normalized spacial score (nSPS) is 10.9. The average Bonchev–Trinajstić information content (AvgIpc) is 2.29. The highest BCUT2D eigenvalue weighted by Crippen LogP contribution is 2.06. The molecular formula is C11H14N4. The highest BCUT2D eigenvalue weighted by Gasteiger charge is 1.97.